The lowest BCUT2D eigenvalue weighted by Crippen LogP contribution is -2.24. The molecule has 0 fully saturated rings. The largest absolute Gasteiger partial charge is 0.489 e. The highest BCUT2D eigenvalue weighted by Crippen LogP contribution is 2.28. The fraction of sp³-hybridized carbons (Fsp3) is 0.304. The zero-order valence-electron chi connectivity index (χ0n) is 16.5. The third-order valence-corrected chi connectivity index (χ3v) is 4.53. The topological polar surface area (TPSA) is 53.5 Å². The number of fused-ring (bicyclic) bond motifs is 1. The Morgan fingerprint density at radius 3 is 2.28 bits per heavy atom. The van der Waals surface area contributed by atoms with Crippen LogP contribution < -0.4 is 15.4 Å². The molecule has 0 aliphatic rings. The average molecular weight is 437 g/mol. The molecule has 0 spiro atoms. The number of aliphatic hydroxyl groups is 1. The Kier molecular flexibility index (Phi) is 12.4. The van der Waals surface area contributed by atoms with Crippen molar-refractivity contribution in [2.24, 2.45) is 0 Å². The third-order valence-electron chi connectivity index (χ3n) is 4.53. The number of hydrogen-bond donors (Lipinski definition) is 3. The first kappa shape index (κ1) is 25.2. The van der Waals surface area contributed by atoms with Crippen molar-refractivity contribution >= 4 is 35.6 Å². The summed E-state index contributed by atoms with van der Waals surface area (Å²) in [6.07, 6.45) is 1.02. The van der Waals surface area contributed by atoms with Crippen LogP contribution in [0.25, 0.3) is 10.8 Å². The number of hydrogen-bond acceptors (Lipinski definition) is 4. The Morgan fingerprint density at radius 2 is 1.48 bits per heavy atom. The minimum absolute atomic E-state index is 0. The van der Waals surface area contributed by atoms with E-state index in [4.69, 9.17) is 9.84 Å². The number of aliphatic hydroxyl groups excluding tert-OH is 1. The van der Waals surface area contributed by atoms with Gasteiger partial charge in [0.05, 0.1) is 6.61 Å². The van der Waals surface area contributed by atoms with Crippen molar-refractivity contribution < 1.29 is 9.84 Å². The summed E-state index contributed by atoms with van der Waals surface area (Å²) >= 11 is 0. The van der Waals surface area contributed by atoms with Crippen LogP contribution in [-0.4, -0.2) is 31.3 Å². The highest BCUT2D eigenvalue weighted by Gasteiger charge is 2.09. The van der Waals surface area contributed by atoms with Crippen LogP contribution in [0.1, 0.15) is 17.5 Å². The molecule has 0 aliphatic carbocycles. The number of rotatable bonds is 11. The molecule has 0 amide bonds. The Labute approximate surface area is 185 Å². The minimum Gasteiger partial charge on any atom is -0.489 e. The van der Waals surface area contributed by atoms with Gasteiger partial charge < -0.3 is 20.5 Å². The van der Waals surface area contributed by atoms with Gasteiger partial charge in [0.25, 0.3) is 0 Å². The van der Waals surface area contributed by atoms with Crippen LogP contribution in [0.3, 0.4) is 0 Å². The summed E-state index contributed by atoms with van der Waals surface area (Å²) in [6, 6.07) is 22.9. The molecule has 0 heterocycles. The smallest absolute Gasteiger partial charge is 0.124 e. The van der Waals surface area contributed by atoms with Gasteiger partial charge in [-0.2, -0.15) is 0 Å². The van der Waals surface area contributed by atoms with E-state index >= 15 is 0 Å². The zero-order chi connectivity index (χ0) is 18.7. The SMILES string of the molecule is Cl.Cl.OCCNCCCNCc1c(OCc2ccccc2)ccc2ccccc12. The molecule has 0 unspecified atom stereocenters. The molecule has 0 aliphatic heterocycles. The summed E-state index contributed by atoms with van der Waals surface area (Å²) in [6.45, 7) is 4.00. The van der Waals surface area contributed by atoms with Gasteiger partial charge in [-0.1, -0.05) is 60.7 Å². The van der Waals surface area contributed by atoms with Gasteiger partial charge in [-0.25, -0.2) is 0 Å². The lowest BCUT2D eigenvalue weighted by Gasteiger charge is -2.15. The molecule has 3 aromatic rings. The Bertz CT molecular complexity index is 831. The monoisotopic (exact) mass is 436 g/mol. The molecule has 3 rings (SSSR count). The normalized spacial score (nSPS) is 10.2. The fourth-order valence-corrected chi connectivity index (χ4v) is 3.12. The van der Waals surface area contributed by atoms with E-state index in [0.29, 0.717) is 13.2 Å². The second-order valence-electron chi connectivity index (χ2n) is 6.54. The lowest BCUT2D eigenvalue weighted by molar-refractivity contribution is 0.292. The Hall–Kier alpha value is -1.82. The minimum atomic E-state index is 0. The summed E-state index contributed by atoms with van der Waals surface area (Å²) in [5.74, 6) is 0.934. The lowest BCUT2D eigenvalue weighted by atomic mass is 10.0. The highest BCUT2D eigenvalue weighted by atomic mass is 35.5. The number of halogens is 2. The van der Waals surface area contributed by atoms with Crippen LogP contribution in [0, 0.1) is 0 Å². The first-order valence-corrected chi connectivity index (χ1v) is 9.58. The van der Waals surface area contributed by atoms with Gasteiger partial charge in [-0.15, -0.1) is 24.8 Å². The van der Waals surface area contributed by atoms with Crippen LogP contribution in [0.15, 0.2) is 66.7 Å². The van der Waals surface area contributed by atoms with Crippen molar-refractivity contribution in [1.29, 1.82) is 0 Å². The quantitative estimate of drug-likeness (QED) is 0.391. The number of benzene rings is 3. The van der Waals surface area contributed by atoms with E-state index in [1.165, 1.54) is 21.9 Å². The molecular weight excluding hydrogens is 407 g/mol. The van der Waals surface area contributed by atoms with E-state index in [-0.39, 0.29) is 31.4 Å². The van der Waals surface area contributed by atoms with Gasteiger partial charge in [-0.3, -0.25) is 0 Å². The maximum Gasteiger partial charge on any atom is 0.124 e. The van der Waals surface area contributed by atoms with Gasteiger partial charge >= 0.3 is 0 Å². The van der Waals surface area contributed by atoms with Gasteiger partial charge in [0, 0.05) is 18.7 Å². The van der Waals surface area contributed by atoms with Crippen molar-refractivity contribution in [1.82, 2.24) is 10.6 Å². The molecule has 0 saturated carbocycles. The van der Waals surface area contributed by atoms with Gasteiger partial charge in [-0.05, 0) is 41.9 Å². The molecule has 29 heavy (non-hydrogen) atoms. The summed E-state index contributed by atoms with van der Waals surface area (Å²) in [4.78, 5) is 0. The predicted molar refractivity (Wildman–Crippen MR) is 125 cm³/mol. The van der Waals surface area contributed by atoms with Crippen molar-refractivity contribution in [3.63, 3.8) is 0 Å². The van der Waals surface area contributed by atoms with Crippen molar-refractivity contribution in [2.45, 2.75) is 19.6 Å². The van der Waals surface area contributed by atoms with Gasteiger partial charge in [0.1, 0.15) is 12.4 Å². The van der Waals surface area contributed by atoms with Crippen molar-refractivity contribution in [3.05, 3.63) is 77.9 Å². The predicted octanol–water partition coefficient (Wildman–Crippen LogP) is 4.32. The summed E-state index contributed by atoms with van der Waals surface area (Å²) in [5.41, 5.74) is 2.37. The Balaban J connectivity index is 0.00000210. The highest BCUT2D eigenvalue weighted by molar-refractivity contribution is 5.87. The number of ether oxygens (including phenoxy) is 1. The summed E-state index contributed by atoms with van der Waals surface area (Å²) < 4.78 is 6.16. The van der Waals surface area contributed by atoms with Crippen LogP contribution in [0.2, 0.25) is 0 Å². The van der Waals surface area contributed by atoms with E-state index in [2.05, 4.69) is 59.2 Å². The van der Waals surface area contributed by atoms with E-state index in [1.807, 2.05) is 18.2 Å². The van der Waals surface area contributed by atoms with E-state index in [1.54, 1.807) is 0 Å². The Morgan fingerprint density at radius 1 is 0.759 bits per heavy atom. The fourth-order valence-electron chi connectivity index (χ4n) is 3.12. The van der Waals surface area contributed by atoms with Crippen LogP contribution in [-0.2, 0) is 13.2 Å². The van der Waals surface area contributed by atoms with E-state index < -0.39 is 0 Å². The first-order chi connectivity index (χ1) is 13.4. The molecule has 0 radical (unpaired) electrons. The van der Waals surface area contributed by atoms with Crippen LogP contribution in [0.4, 0.5) is 0 Å². The molecule has 0 aromatic heterocycles. The van der Waals surface area contributed by atoms with Crippen molar-refractivity contribution in [2.75, 3.05) is 26.2 Å². The molecule has 158 valence electrons. The second kappa shape index (κ2) is 14.2. The molecule has 0 bridgehead atoms. The summed E-state index contributed by atoms with van der Waals surface area (Å²) in [5, 5.41) is 18.0. The molecule has 4 nitrogen and oxygen atoms in total. The van der Waals surface area contributed by atoms with Crippen LogP contribution in [0.5, 0.6) is 5.75 Å². The maximum absolute atomic E-state index is 8.79. The van der Waals surface area contributed by atoms with E-state index in [9.17, 15) is 0 Å². The second-order valence-corrected chi connectivity index (χ2v) is 6.54. The van der Waals surface area contributed by atoms with Crippen LogP contribution >= 0.6 is 24.8 Å². The summed E-state index contributed by atoms with van der Waals surface area (Å²) in [7, 11) is 0. The maximum atomic E-state index is 8.79. The molecular formula is C23H30Cl2N2O2. The molecule has 0 atom stereocenters. The molecule has 0 saturated heterocycles. The zero-order valence-corrected chi connectivity index (χ0v) is 18.1. The van der Waals surface area contributed by atoms with E-state index in [0.717, 1.165) is 31.8 Å². The van der Waals surface area contributed by atoms with Crippen molar-refractivity contribution in [3.8, 4) is 5.75 Å². The standard InChI is InChI=1S/C23H28N2O2.2ClH/c26-16-15-24-13-6-14-25-17-22-21-10-5-4-9-20(21)11-12-23(22)27-18-19-7-2-1-3-8-19;;/h1-5,7-12,24-26H,6,13-18H2;2*1H. The number of nitrogens with one attached hydrogen (secondary N) is 2. The van der Waals surface area contributed by atoms with Gasteiger partial charge in [0.15, 0.2) is 0 Å². The molecule has 3 N–H and O–H groups in total. The molecule has 3 aromatic carbocycles. The van der Waals surface area contributed by atoms with Gasteiger partial charge in [0.2, 0.25) is 0 Å². The third kappa shape index (κ3) is 7.84. The average Bonchev–Trinajstić information content (AvgIpc) is 2.73. The first-order valence-electron chi connectivity index (χ1n) is 9.58. The molecule has 6 heteroatoms.